The van der Waals surface area contributed by atoms with E-state index < -0.39 is 6.03 Å². The van der Waals surface area contributed by atoms with Crippen molar-refractivity contribution in [1.82, 2.24) is 5.32 Å². The normalized spacial score (nSPS) is 13.6. The Bertz CT molecular complexity index is 1170. The van der Waals surface area contributed by atoms with E-state index in [2.05, 4.69) is 5.32 Å². The van der Waals surface area contributed by atoms with Crippen molar-refractivity contribution in [3.8, 4) is 0 Å². The minimum atomic E-state index is -0.460. The largest absolute Gasteiger partial charge is 0.384 e. The average Bonchev–Trinajstić information content (AvgIpc) is 3.05. The van der Waals surface area contributed by atoms with Gasteiger partial charge in [-0.15, -0.1) is 0 Å². The molecule has 0 radical (unpaired) electrons. The van der Waals surface area contributed by atoms with Crippen LogP contribution in [0, 0.1) is 5.41 Å². The molecule has 0 saturated carbocycles. The number of anilines is 1. The molecule has 0 unspecified atom stereocenters. The third-order valence-electron chi connectivity index (χ3n) is 4.87. The van der Waals surface area contributed by atoms with Gasteiger partial charge >= 0.3 is 6.03 Å². The van der Waals surface area contributed by atoms with Gasteiger partial charge in [-0.2, -0.15) is 0 Å². The van der Waals surface area contributed by atoms with Crippen LogP contribution in [0.15, 0.2) is 60.7 Å². The molecular formula is C22H18N4O3. The predicted octanol–water partition coefficient (Wildman–Crippen LogP) is 2.61. The Morgan fingerprint density at radius 1 is 0.966 bits per heavy atom. The van der Waals surface area contributed by atoms with Crippen molar-refractivity contribution in [2.45, 2.75) is 6.42 Å². The van der Waals surface area contributed by atoms with Gasteiger partial charge in [-0.05, 0) is 46.7 Å². The third-order valence-corrected chi connectivity index (χ3v) is 4.87. The Hall–Kier alpha value is -4.00. The number of amidine groups is 1. The number of carbonyl (C=O) groups excluding carboxylic acids is 3. The number of imide groups is 1. The van der Waals surface area contributed by atoms with Gasteiger partial charge in [0.1, 0.15) is 12.4 Å². The second-order valence-electron chi connectivity index (χ2n) is 6.90. The zero-order valence-corrected chi connectivity index (χ0v) is 15.4. The molecule has 0 aliphatic carbocycles. The predicted molar refractivity (Wildman–Crippen MR) is 110 cm³/mol. The number of nitrogens with one attached hydrogen (secondary N) is 2. The van der Waals surface area contributed by atoms with Gasteiger partial charge in [0.2, 0.25) is 5.91 Å². The molecule has 3 aromatic carbocycles. The van der Waals surface area contributed by atoms with Crippen molar-refractivity contribution in [2.75, 3.05) is 11.4 Å². The molecule has 29 heavy (non-hydrogen) atoms. The zero-order chi connectivity index (χ0) is 20.5. The lowest BCUT2D eigenvalue weighted by Crippen LogP contribution is -2.27. The number of nitrogens with two attached hydrogens (primary N) is 1. The van der Waals surface area contributed by atoms with E-state index in [1.165, 1.54) is 4.90 Å². The minimum absolute atomic E-state index is 0.0189. The molecule has 1 heterocycles. The molecule has 0 atom stereocenters. The fourth-order valence-electron chi connectivity index (χ4n) is 3.34. The van der Waals surface area contributed by atoms with Gasteiger partial charge in [0.25, 0.3) is 0 Å². The van der Waals surface area contributed by atoms with E-state index in [0.717, 1.165) is 16.3 Å². The number of nitrogens with zero attached hydrogens (tertiary/aromatic N) is 1. The highest BCUT2D eigenvalue weighted by molar-refractivity contribution is 6.12. The van der Waals surface area contributed by atoms with Crippen molar-refractivity contribution in [3.63, 3.8) is 0 Å². The first-order chi connectivity index (χ1) is 13.9. The van der Waals surface area contributed by atoms with Crippen LogP contribution in [0.1, 0.15) is 21.5 Å². The number of hydrogen-bond donors (Lipinski definition) is 3. The molecule has 7 heteroatoms. The maximum atomic E-state index is 12.7. The fraction of sp³-hybridized carbons (Fsp3) is 0.0909. The Morgan fingerprint density at radius 2 is 1.62 bits per heavy atom. The SMILES string of the molecule is N=C(N)c1ccc2cc(CC(=O)c3ccc(N4CC(=O)NC4=O)cc3)ccc2c1. The van der Waals surface area contributed by atoms with E-state index in [1.54, 1.807) is 30.3 Å². The van der Waals surface area contributed by atoms with Gasteiger partial charge in [-0.1, -0.05) is 30.3 Å². The van der Waals surface area contributed by atoms with Gasteiger partial charge in [-0.3, -0.25) is 25.2 Å². The number of rotatable bonds is 5. The maximum Gasteiger partial charge on any atom is 0.329 e. The van der Waals surface area contributed by atoms with Crippen molar-refractivity contribution < 1.29 is 14.4 Å². The summed E-state index contributed by atoms with van der Waals surface area (Å²) < 4.78 is 0. The van der Waals surface area contributed by atoms with Crippen molar-refractivity contribution in [2.24, 2.45) is 5.73 Å². The lowest BCUT2D eigenvalue weighted by atomic mass is 9.99. The van der Waals surface area contributed by atoms with E-state index in [1.807, 2.05) is 30.3 Å². The first-order valence-corrected chi connectivity index (χ1v) is 9.02. The van der Waals surface area contributed by atoms with Gasteiger partial charge in [0.15, 0.2) is 5.78 Å². The summed E-state index contributed by atoms with van der Waals surface area (Å²) in [5.41, 5.74) is 8.17. The summed E-state index contributed by atoms with van der Waals surface area (Å²) in [4.78, 5) is 37.0. The van der Waals surface area contributed by atoms with Crippen LogP contribution >= 0.6 is 0 Å². The molecule has 3 amide bonds. The number of benzene rings is 3. The highest BCUT2D eigenvalue weighted by Crippen LogP contribution is 2.21. The lowest BCUT2D eigenvalue weighted by molar-refractivity contribution is -0.117. The summed E-state index contributed by atoms with van der Waals surface area (Å²) in [6.45, 7) is -0.0193. The Labute approximate surface area is 166 Å². The molecule has 1 saturated heterocycles. The summed E-state index contributed by atoms with van der Waals surface area (Å²) in [5, 5.41) is 11.7. The lowest BCUT2D eigenvalue weighted by Gasteiger charge is -2.13. The van der Waals surface area contributed by atoms with Gasteiger partial charge in [0.05, 0.1) is 0 Å². The number of nitrogen functional groups attached to an aromatic ring is 1. The van der Waals surface area contributed by atoms with Crippen LogP contribution in [0.5, 0.6) is 0 Å². The van der Waals surface area contributed by atoms with Gasteiger partial charge in [0, 0.05) is 23.2 Å². The molecule has 0 bridgehead atoms. The molecule has 1 fully saturated rings. The van der Waals surface area contributed by atoms with E-state index in [-0.39, 0.29) is 30.5 Å². The van der Waals surface area contributed by atoms with E-state index in [0.29, 0.717) is 16.8 Å². The van der Waals surface area contributed by atoms with Crippen molar-refractivity contribution in [1.29, 1.82) is 5.41 Å². The van der Waals surface area contributed by atoms with E-state index in [9.17, 15) is 14.4 Å². The minimum Gasteiger partial charge on any atom is -0.384 e. The summed E-state index contributed by atoms with van der Waals surface area (Å²) >= 11 is 0. The summed E-state index contributed by atoms with van der Waals surface area (Å²) in [7, 11) is 0. The first-order valence-electron chi connectivity index (χ1n) is 9.02. The van der Waals surface area contributed by atoms with Crippen LogP contribution in [0.3, 0.4) is 0 Å². The van der Waals surface area contributed by atoms with Gasteiger partial charge in [-0.25, -0.2) is 4.79 Å². The second kappa shape index (κ2) is 7.20. The number of ketones is 1. The average molecular weight is 386 g/mol. The molecule has 0 aromatic heterocycles. The van der Waals surface area contributed by atoms with Gasteiger partial charge < -0.3 is 5.73 Å². The molecule has 4 rings (SSSR count). The topological polar surface area (TPSA) is 116 Å². The van der Waals surface area contributed by atoms with Crippen LogP contribution in [-0.2, 0) is 11.2 Å². The number of carbonyl (C=O) groups is 3. The van der Waals surface area contributed by atoms with Crippen LogP contribution in [0.4, 0.5) is 10.5 Å². The second-order valence-corrected chi connectivity index (χ2v) is 6.90. The quantitative estimate of drug-likeness (QED) is 0.270. The van der Waals surface area contributed by atoms with Crippen LogP contribution in [-0.4, -0.2) is 30.1 Å². The molecule has 144 valence electrons. The Morgan fingerprint density at radius 3 is 2.28 bits per heavy atom. The van der Waals surface area contributed by atoms with E-state index >= 15 is 0 Å². The summed E-state index contributed by atoms with van der Waals surface area (Å²) in [6.07, 6.45) is 0.242. The molecule has 7 nitrogen and oxygen atoms in total. The van der Waals surface area contributed by atoms with Crippen LogP contribution in [0.25, 0.3) is 10.8 Å². The number of urea groups is 1. The smallest absolute Gasteiger partial charge is 0.329 e. The number of fused-ring (bicyclic) bond motifs is 1. The molecule has 3 aromatic rings. The molecule has 1 aliphatic heterocycles. The van der Waals surface area contributed by atoms with Crippen LogP contribution in [0.2, 0.25) is 0 Å². The number of hydrogen-bond acceptors (Lipinski definition) is 4. The zero-order valence-electron chi connectivity index (χ0n) is 15.4. The summed E-state index contributed by atoms with van der Waals surface area (Å²) in [6, 6.07) is 17.5. The maximum absolute atomic E-state index is 12.7. The fourth-order valence-corrected chi connectivity index (χ4v) is 3.34. The standard InChI is InChI=1S/C22H18N4O3/c23-21(24)17-4-3-15-9-13(1-2-16(15)11-17)10-19(27)14-5-7-18(8-6-14)26-12-20(28)25-22(26)29/h1-9,11H,10,12H2,(H3,23,24)(H,25,28,29). The van der Waals surface area contributed by atoms with E-state index in [4.69, 9.17) is 11.1 Å². The van der Waals surface area contributed by atoms with Crippen molar-refractivity contribution in [3.05, 3.63) is 77.4 Å². The highest BCUT2D eigenvalue weighted by Gasteiger charge is 2.27. The molecule has 4 N–H and O–H groups in total. The molecule has 0 spiro atoms. The molecular weight excluding hydrogens is 368 g/mol. The first kappa shape index (κ1) is 18.4. The Balaban J connectivity index is 1.50. The monoisotopic (exact) mass is 386 g/mol. The number of Topliss-reactive ketones (excluding diaryl/α,β-unsaturated/α-hetero) is 1. The Kier molecular flexibility index (Phi) is 4.56. The van der Waals surface area contributed by atoms with Crippen LogP contribution < -0.4 is 16.0 Å². The van der Waals surface area contributed by atoms with Crippen molar-refractivity contribution >= 4 is 40.0 Å². The third kappa shape index (κ3) is 3.70. The number of amides is 3. The highest BCUT2D eigenvalue weighted by atomic mass is 16.2. The summed E-state index contributed by atoms with van der Waals surface area (Å²) in [5.74, 6) is -0.370. The molecule has 1 aliphatic rings.